The maximum absolute atomic E-state index is 11.8. The summed E-state index contributed by atoms with van der Waals surface area (Å²) in [6.45, 7) is 0.0226. The second-order valence-electron chi connectivity index (χ2n) is 4.51. The summed E-state index contributed by atoms with van der Waals surface area (Å²) in [6.07, 6.45) is 3.05. The van der Waals surface area contributed by atoms with Crippen molar-refractivity contribution in [2.45, 2.75) is 6.61 Å². The third-order valence-corrected chi connectivity index (χ3v) is 3.42. The Morgan fingerprint density at radius 2 is 2.14 bits per heavy atom. The summed E-state index contributed by atoms with van der Waals surface area (Å²) < 4.78 is 11.3. The number of hydrogen-bond donors (Lipinski definition) is 0. The first-order chi connectivity index (χ1) is 10.7. The van der Waals surface area contributed by atoms with Crippen LogP contribution >= 0.6 is 15.9 Å². The Morgan fingerprint density at radius 3 is 2.91 bits per heavy atom. The molecule has 0 spiro atoms. The zero-order chi connectivity index (χ0) is 15.4. The number of hydrogen-bond acceptors (Lipinski definition) is 5. The van der Waals surface area contributed by atoms with Gasteiger partial charge in [0.25, 0.3) is 0 Å². The van der Waals surface area contributed by atoms with Gasteiger partial charge in [-0.2, -0.15) is 0 Å². The summed E-state index contributed by atoms with van der Waals surface area (Å²) in [5.74, 6) is 0.0284. The Balaban J connectivity index is 1.66. The maximum Gasteiger partial charge on any atom is 0.340 e. The number of rotatable bonds is 4. The van der Waals surface area contributed by atoms with Crippen LogP contribution in [0.5, 0.6) is 0 Å². The minimum atomic E-state index is -0.450. The summed E-state index contributed by atoms with van der Waals surface area (Å²) >= 11 is 3.41. The van der Waals surface area contributed by atoms with Gasteiger partial charge in [-0.1, -0.05) is 33.2 Å². The van der Waals surface area contributed by atoms with Crippen molar-refractivity contribution in [3.05, 3.63) is 70.7 Å². The molecule has 1 aromatic carbocycles. The number of halogens is 1. The predicted molar refractivity (Wildman–Crippen MR) is 83.0 cm³/mol. The Labute approximate surface area is 135 Å². The number of esters is 1. The van der Waals surface area contributed by atoms with E-state index in [-0.39, 0.29) is 6.61 Å². The van der Waals surface area contributed by atoms with E-state index >= 15 is 0 Å². The molecule has 0 unspecified atom stereocenters. The number of pyridine rings is 1. The number of benzene rings is 1. The summed E-state index contributed by atoms with van der Waals surface area (Å²) in [5.41, 5.74) is 2.01. The van der Waals surface area contributed by atoms with Crippen molar-refractivity contribution in [2.75, 3.05) is 0 Å². The lowest BCUT2D eigenvalue weighted by Crippen LogP contribution is -2.04. The Hall–Kier alpha value is -2.47. The molecule has 2 heterocycles. The monoisotopic (exact) mass is 358 g/mol. The highest BCUT2D eigenvalue weighted by Crippen LogP contribution is 2.23. The van der Waals surface area contributed by atoms with Crippen LogP contribution in [0.4, 0.5) is 0 Å². The van der Waals surface area contributed by atoms with Gasteiger partial charge in [0.05, 0.1) is 5.56 Å². The summed E-state index contributed by atoms with van der Waals surface area (Å²) in [5, 5.41) is 3.98. The number of carbonyl (C=O) groups is 1. The van der Waals surface area contributed by atoms with Crippen LogP contribution in [0.15, 0.2) is 63.9 Å². The van der Waals surface area contributed by atoms with Gasteiger partial charge in [-0.15, -0.1) is 0 Å². The van der Waals surface area contributed by atoms with E-state index in [0.29, 0.717) is 17.0 Å². The first kappa shape index (κ1) is 14.5. The highest BCUT2D eigenvalue weighted by Gasteiger charge is 2.11. The van der Waals surface area contributed by atoms with E-state index in [0.717, 1.165) is 10.0 Å². The van der Waals surface area contributed by atoms with E-state index in [9.17, 15) is 4.79 Å². The SMILES string of the molecule is O=C(OCc1cc(-c2cccc(Br)c2)no1)c1cccnc1. The second kappa shape index (κ2) is 6.53. The molecule has 3 rings (SSSR count). The Bertz CT molecular complexity index is 787. The van der Waals surface area contributed by atoms with Crippen molar-refractivity contribution in [2.24, 2.45) is 0 Å². The third-order valence-electron chi connectivity index (χ3n) is 2.92. The van der Waals surface area contributed by atoms with Crippen LogP contribution in [0, 0.1) is 0 Å². The van der Waals surface area contributed by atoms with E-state index in [1.54, 1.807) is 24.4 Å². The van der Waals surface area contributed by atoms with Crippen molar-refractivity contribution >= 4 is 21.9 Å². The third kappa shape index (κ3) is 3.40. The van der Waals surface area contributed by atoms with E-state index < -0.39 is 5.97 Å². The molecule has 3 aromatic rings. The standard InChI is InChI=1S/C16H11BrN2O3/c17-13-5-1-3-11(7-13)15-8-14(22-19-15)10-21-16(20)12-4-2-6-18-9-12/h1-9H,10H2. The molecule has 0 aliphatic carbocycles. The normalized spacial score (nSPS) is 10.4. The fourth-order valence-corrected chi connectivity index (χ4v) is 2.27. The van der Waals surface area contributed by atoms with Crippen molar-refractivity contribution in [1.29, 1.82) is 0 Å². The number of nitrogens with zero attached hydrogens (tertiary/aromatic N) is 2. The van der Waals surface area contributed by atoms with Crippen LogP contribution in [0.2, 0.25) is 0 Å². The molecule has 0 atom stereocenters. The zero-order valence-electron chi connectivity index (χ0n) is 11.4. The lowest BCUT2D eigenvalue weighted by atomic mass is 10.1. The number of carbonyl (C=O) groups excluding carboxylic acids is 1. The van der Waals surface area contributed by atoms with Gasteiger partial charge in [-0.3, -0.25) is 4.98 Å². The molecule has 22 heavy (non-hydrogen) atoms. The molecule has 110 valence electrons. The van der Waals surface area contributed by atoms with Crippen molar-refractivity contribution < 1.29 is 14.1 Å². The van der Waals surface area contributed by atoms with Crippen LogP contribution in [0.1, 0.15) is 16.1 Å². The van der Waals surface area contributed by atoms with Gasteiger partial charge in [0.15, 0.2) is 12.4 Å². The van der Waals surface area contributed by atoms with Crippen LogP contribution in [0.3, 0.4) is 0 Å². The van der Waals surface area contributed by atoms with E-state index in [1.165, 1.54) is 6.20 Å². The van der Waals surface area contributed by atoms with Crippen molar-refractivity contribution in [1.82, 2.24) is 10.1 Å². The van der Waals surface area contributed by atoms with Crippen LogP contribution in [0.25, 0.3) is 11.3 Å². The zero-order valence-corrected chi connectivity index (χ0v) is 13.0. The van der Waals surface area contributed by atoms with Gasteiger partial charge < -0.3 is 9.26 Å². The fourth-order valence-electron chi connectivity index (χ4n) is 1.87. The number of aromatic nitrogens is 2. The van der Waals surface area contributed by atoms with Gasteiger partial charge in [0.2, 0.25) is 0 Å². The van der Waals surface area contributed by atoms with Gasteiger partial charge in [0, 0.05) is 28.5 Å². The minimum Gasteiger partial charge on any atom is -0.454 e. The molecule has 0 saturated carbocycles. The molecule has 0 N–H and O–H groups in total. The molecule has 0 bridgehead atoms. The molecule has 0 radical (unpaired) electrons. The first-order valence-corrected chi connectivity index (χ1v) is 7.30. The van der Waals surface area contributed by atoms with Crippen LogP contribution in [-0.2, 0) is 11.3 Å². The van der Waals surface area contributed by atoms with Gasteiger partial charge in [0.1, 0.15) is 5.69 Å². The van der Waals surface area contributed by atoms with Gasteiger partial charge >= 0.3 is 5.97 Å². The van der Waals surface area contributed by atoms with Crippen molar-refractivity contribution in [3.63, 3.8) is 0 Å². The Kier molecular flexibility index (Phi) is 4.29. The molecule has 0 aliphatic heterocycles. The summed E-state index contributed by atoms with van der Waals surface area (Å²) in [6, 6.07) is 12.8. The molecule has 2 aromatic heterocycles. The lowest BCUT2D eigenvalue weighted by molar-refractivity contribution is 0.0437. The van der Waals surface area contributed by atoms with Crippen LogP contribution in [-0.4, -0.2) is 16.1 Å². The molecule has 5 nitrogen and oxygen atoms in total. The topological polar surface area (TPSA) is 65.2 Å². The molecule has 0 aliphatic rings. The van der Waals surface area contributed by atoms with Crippen molar-refractivity contribution in [3.8, 4) is 11.3 Å². The quantitative estimate of drug-likeness (QED) is 0.662. The van der Waals surface area contributed by atoms with Gasteiger partial charge in [-0.05, 0) is 24.3 Å². The van der Waals surface area contributed by atoms with E-state index in [1.807, 2.05) is 24.3 Å². The smallest absolute Gasteiger partial charge is 0.340 e. The molecule has 6 heteroatoms. The summed E-state index contributed by atoms with van der Waals surface area (Å²) in [4.78, 5) is 15.7. The molecular formula is C16H11BrN2O3. The highest BCUT2D eigenvalue weighted by atomic mass is 79.9. The predicted octanol–water partition coefficient (Wildman–Crippen LogP) is 3.86. The molecule has 0 saturated heterocycles. The maximum atomic E-state index is 11.8. The summed E-state index contributed by atoms with van der Waals surface area (Å²) in [7, 11) is 0. The number of ether oxygens (including phenoxy) is 1. The molecule has 0 amide bonds. The van der Waals surface area contributed by atoms with E-state index in [4.69, 9.17) is 9.26 Å². The lowest BCUT2D eigenvalue weighted by Gasteiger charge is -2.01. The molecular weight excluding hydrogens is 348 g/mol. The first-order valence-electron chi connectivity index (χ1n) is 6.51. The average Bonchev–Trinajstić information content (AvgIpc) is 3.02. The fraction of sp³-hybridized carbons (Fsp3) is 0.0625. The molecule has 0 fully saturated rings. The second-order valence-corrected chi connectivity index (χ2v) is 5.42. The van der Waals surface area contributed by atoms with E-state index in [2.05, 4.69) is 26.1 Å². The highest BCUT2D eigenvalue weighted by molar-refractivity contribution is 9.10. The minimum absolute atomic E-state index is 0.0226. The van der Waals surface area contributed by atoms with Gasteiger partial charge in [-0.25, -0.2) is 4.79 Å². The average molecular weight is 359 g/mol. The van der Waals surface area contributed by atoms with Crippen LogP contribution < -0.4 is 0 Å². The largest absolute Gasteiger partial charge is 0.454 e. The Morgan fingerprint density at radius 1 is 1.23 bits per heavy atom.